The first-order valence-corrected chi connectivity index (χ1v) is 19.9. The number of benzene rings is 1. The van der Waals surface area contributed by atoms with Crippen molar-refractivity contribution in [1.29, 1.82) is 0 Å². The molecule has 0 radical (unpaired) electrons. The minimum absolute atomic E-state index is 0.0387. The number of hydrogen-bond donors (Lipinski definition) is 2. The molecule has 5 heteroatoms. The summed E-state index contributed by atoms with van der Waals surface area (Å²) < 4.78 is 6.01. The van der Waals surface area contributed by atoms with Gasteiger partial charge in [0.05, 0.1) is 18.3 Å². The molecule has 2 saturated heterocycles. The number of nitrogens with one attached hydrogen (secondary N) is 1. The third kappa shape index (κ3) is 4.76. The van der Waals surface area contributed by atoms with E-state index >= 15 is 0 Å². The molecule has 11 unspecified atom stereocenters. The van der Waals surface area contributed by atoms with Crippen molar-refractivity contribution in [3.05, 3.63) is 53.6 Å². The molecule has 2 bridgehead atoms. The summed E-state index contributed by atoms with van der Waals surface area (Å²) in [5, 5.41) is 13.8. The van der Waals surface area contributed by atoms with Crippen molar-refractivity contribution in [2.45, 2.75) is 130 Å². The zero-order valence-electron chi connectivity index (χ0n) is 31.7. The minimum Gasteiger partial charge on any atom is -0.478 e. The van der Waals surface area contributed by atoms with Crippen molar-refractivity contribution in [2.24, 2.45) is 51.2 Å². The molecule has 49 heavy (non-hydrogen) atoms. The minimum atomic E-state index is -0.853. The maximum atomic E-state index is 11.6. The monoisotopic (exact) mass is 668 g/mol. The molecular weight excluding hydrogens is 604 g/mol. The lowest BCUT2D eigenvalue weighted by Crippen LogP contribution is -2.68. The highest BCUT2D eigenvalue weighted by atomic mass is 16.5. The van der Waals surface area contributed by atoms with Gasteiger partial charge in [-0.1, -0.05) is 65.0 Å². The van der Waals surface area contributed by atoms with Crippen LogP contribution in [0.2, 0.25) is 0 Å². The van der Waals surface area contributed by atoms with E-state index in [9.17, 15) is 9.90 Å². The van der Waals surface area contributed by atoms with Crippen LogP contribution in [0.25, 0.3) is 5.57 Å². The zero-order chi connectivity index (χ0) is 34.8. The molecule has 0 amide bonds. The summed E-state index contributed by atoms with van der Waals surface area (Å²) >= 11 is 0. The molecule has 2 heterocycles. The molecule has 0 spiro atoms. The Hall–Kier alpha value is -1.95. The van der Waals surface area contributed by atoms with Crippen molar-refractivity contribution in [1.82, 2.24) is 10.2 Å². The van der Waals surface area contributed by atoms with E-state index in [0.717, 1.165) is 38.6 Å². The van der Waals surface area contributed by atoms with Crippen molar-refractivity contribution in [2.75, 3.05) is 26.2 Å². The van der Waals surface area contributed by atoms with E-state index in [1.807, 2.05) is 12.1 Å². The van der Waals surface area contributed by atoms with Gasteiger partial charge in [0.25, 0.3) is 0 Å². The van der Waals surface area contributed by atoms with Gasteiger partial charge in [-0.05, 0) is 153 Å². The maximum absolute atomic E-state index is 11.6. The molecule has 7 aliphatic rings. The number of carbonyl (C=O) groups is 1. The Morgan fingerprint density at radius 1 is 0.959 bits per heavy atom. The molecule has 8 rings (SSSR count). The highest BCUT2D eigenvalue weighted by Gasteiger charge is 2.70. The van der Waals surface area contributed by atoms with Gasteiger partial charge in [-0.2, -0.15) is 0 Å². The van der Waals surface area contributed by atoms with E-state index in [4.69, 9.17) is 4.74 Å². The lowest BCUT2D eigenvalue weighted by molar-refractivity contribution is -0.219. The van der Waals surface area contributed by atoms with Gasteiger partial charge in [0.2, 0.25) is 0 Å². The topological polar surface area (TPSA) is 61.8 Å². The summed E-state index contributed by atoms with van der Waals surface area (Å²) in [4.78, 5) is 14.3. The fourth-order valence-electron chi connectivity index (χ4n) is 14.9. The summed E-state index contributed by atoms with van der Waals surface area (Å²) in [6, 6.07) is 7.66. The SMILES string of the molecule is C=C(C)C1CCC2(NCCN3CC4CC3(C)CO4)CCC3(C)C(CCC4C5(C)CC=C(c6ccc(C(=O)O)cc6)C(C)(C)C5CCC43C)C12. The predicted octanol–water partition coefficient (Wildman–Crippen LogP) is 9.24. The first-order valence-electron chi connectivity index (χ1n) is 19.9. The maximum Gasteiger partial charge on any atom is 0.335 e. The number of carboxylic acids is 1. The third-order valence-corrected chi connectivity index (χ3v) is 17.4. The Labute approximate surface area is 296 Å². The molecule has 5 nitrogen and oxygen atoms in total. The van der Waals surface area contributed by atoms with Gasteiger partial charge >= 0.3 is 5.97 Å². The molecule has 6 fully saturated rings. The molecule has 11 atom stereocenters. The Morgan fingerprint density at radius 2 is 1.71 bits per heavy atom. The molecule has 268 valence electrons. The van der Waals surface area contributed by atoms with Crippen LogP contribution < -0.4 is 5.32 Å². The Kier molecular flexibility index (Phi) is 7.86. The molecule has 4 saturated carbocycles. The summed E-state index contributed by atoms with van der Waals surface area (Å²) in [5.41, 5.74) is 5.84. The van der Waals surface area contributed by atoms with Crippen LogP contribution in [0.5, 0.6) is 0 Å². The summed E-state index contributed by atoms with van der Waals surface area (Å²) in [5.74, 6) is 2.53. The highest BCUT2D eigenvalue weighted by molar-refractivity contribution is 5.88. The van der Waals surface area contributed by atoms with E-state index in [1.165, 1.54) is 74.5 Å². The zero-order valence-corrected chi connectivity index (χ0v) is 31.7. The first-order chi connectivity index (χ1) is 23.1. The molecule has 1 aromatic rings. The lowest BCUT2D eigenvalue weighted by Gasteiger charge is -2.72. The van der Waals surface area contributed by atoms with Gasteiger partial charge < -0.3 is 15.2 Å². The van der Waals surface area contributed by atoms with E-state index in [0.29, 0.717) is 46.2 Å². The number of ether oxygens (including phenoxy) is 1. The van der Waals surface area contributed by atoms with E-state index in [-0.39, 0.29) is 21.9 Å². The Morgan fingerprint density at radius 3 is 2.37 bits per heavy atom. The highest BCUT2D eigenvalue weighted by Crippen LogP contribution is 2.76. The van der Waals surface area contributed by atoms with Crippen LogP contribution in [0.15, 0.2) is 42.5 Å². The molecular formula is C44H64N2O3. The number of nitrogens with zero attached hydrogens (tertiary/aromatic N) is 1. The number of fused-ring (bicyclic) bond motifs is 9. The quantitative estimate of drug-likeness (QED) is 0.284. The number of carboxylic acid groups (broad SMARTS) is 1. The normalized spacial score (nSPS) is 46.7. The van der Waals surface area contributed by atoms with Crippen LogP contribution >= 0.6 is 0 Å². The van der Waals surface area contributed by atoms with Crippen LogP contribution in [-0.2, 0) is 4.74 Å². The van der Waals surface area contributed by atoms with Gasteiger partial charge in [0.1, 0.15) is 0 Å². The van der Waals surface area contributed by atoms with Crippen LogP contribution in [-0.4, -0.2) is 59.4 Å². The van der Waals surface area contributed by atoms with Crippen LogP contribution in [0.4, 0.5) is 0 Å². The van der Waals surface area contributed by atoms with E-state index < -0.39 is 5.97 Å². The van der Waals surface area contributed by atoms with Crippen molar-refractivity contribution in [3.63, 3.8) is 0 Å². The Bertz CT molecular complexity index is 1550. The lowest BCUT2D eigenvalue weighted by atomic mass is 9.33. The average molecular weight is 669 g/mol. The Balaban J connectivity index is 1.06. The van der Waals surface area contributed by atoms with Gasteiger partial charge in [0.15, 0.2) is 0 Å². The average Bonchev–Trinajstić information content (AvgIpc) is 3.71. The van der Waals surface area contributed by atoms with E-state index in [1.54, 1.807) is 12.1 Å². The fraction of sp³-hybridized carbons (Fsp3) is 0.750. The number of hydrogen-bond acceptors (Lipinski definition) is 4. The summed E-state index contributed by atoms with van der Waals surface area (Å²) in [6.45, 7) is 26.8. The number of likely N-dealkylation sites (tertiary alicyclic amines) is 1. The number of rotatable bonds is 7. The molecule has 5 aliphatic carbocycles. The van der Waals surface area contributed by atoms with Crippen molar-refractivity contribution >= 4 is 11.5 Å². The van der Waals surface area contributed by atoms with Crippen LogP contribution in [0, 0.1) is 51.2 Å². The molecule has 1 aromatic carbocycles. The number of aromatic carboxylic acids is 1. The second-order valence-electron chi connectivity index (χ2n) is 19.8. The standard InChI is InChI=1S/C44H64N2O3/c1-28(2)32-15-20-44(45-23-24-46-26-31-25-40(46,5)27-49-31)22-21-42(7)34(37(32)44)13-14-36-41(6)18-16-33(29-9-11-30(12-10-29)38(47)48)39(3,4)35(41)17-19-43(36,42)8/h9-12,16,31-32,34-37,45H,1,13-15,17-27H2,2-8H3,(H,47,48). The second kappa shape index (κ2) is 11.3. The summed E-state index contributed by atoms with van der Waals surface area (Å²) in [7, 11) is 0. The smallest absolute Gasteiger partial charge is 0.335 e. The van der Waals surface area contributed by atoms with Gasteiger partial charge in [-0.25, -0.2) is 4.79 Å². The van der Waals surface area contributed by atoms with Gasteiger partial charge in [-0.3, -0.25) is 4.90 Å². The van der Waals surface area contributed by atoms with E-state index in [2.05, 4.69) is 71.3 Å². The first kappa shape index (κ1) is 34.2. The number of morpholine rings is 1. The molecule has 2 N–H and O–H groups in total. The van der Waals surface area contributed by atoms with Crippen molar-refractivity contribution < 1.29 is 14.6 Å². The van der Waals surface area contributed by atoms with Gasteiger partial charge in [0, 0.05) is 30.7 Å². The largest absolute Gasteiger partial charge is 0.478 e. The third-order valence-electron chi connectivity index (χ3n) is 17.4. The van der Waals surface area contributed by atoms with Gasteiger partial charge in [-0.15, -0.1) is 0 Å². The fourth-order valence-corrected chi connectivity index (χ4v) is 14.9. The molecule has 0 aromatic heterocycles. The number of allylic oxidation sites excluding steroid dienone is 3. The summed E-state index contributed by atoms with van der Waals surface area (Å²) in [6.07, 6.45) is 15.9. The van der Waals surface area contributed by atoms with Crippen LogP contribution in [0.3, 0.4) is 0 Å². The van der Waals surface area contributed by atoms with Crippen LogP contribution in [0.1, 0.15) is 129 Å². The predicted molar refractivity (Wildman–Crippen MR) is 198 cm³/mol. The van der Waals surface area contributed by atoms with Crippen molar-refractivity contribution in [3.8, 4) is 0 Å². The second-order valence-corrected chi connectivity index (χ2v) is 19.8. The molecule has 2 aliphatic heterocycles.